The molecule has 1 unspecified atom stereocenters. The standard InChI is InChI=1S/C14H22N2/c1-12-5-7-13(8-6-12)11-16(2)14-4-3-9-15-10-14/h5-8,14-15H,3-4,9-11H2,1-2H3. The first-order chi connectivity index (χ1) is 7.75. The van der Waals surface area contributed by atoms with Crippen molar-refractivity contribution in [3.05, 3.63) is 35.4 Å². The zero-order valence-electron chi connectivity index (χ0n) is 10.4. The van der Waals surface area contributed by atoms with Crippen LogP contribution in [0.3, 0.4) is 0 Å². The number of hydrogen-bond donors (Lipinski definition) is 1. The van der Waals surface area contributed by atoms with E-state index in [0.29, 0.717) is 6.04 Å². The quantitative estimate of drug-likeness (QED) is 0.836. The summed E-state index contributed by atoms with van der Waals surface area (Å²) in [6.45, 7) is 5.53. The first kappa shape index (κ1) is 11.6. The summed E-state index contributed by atoms with van der Waals surface area (Å²) >= 11 is 0. The van der Waals surface area contributed by atoms with E-state index in [2.05, 4.69) is 48.5 Å². The van der Waals surface area contributed by atoms with Gasteiger partial charge in [-0.1, -0.05) is 29.8 Å². The van der Waals surface area contributed by atoms with Crippen LogP contribution in [-0.4, -0.2) is 31.1 Å². The number of nitrogens with one attached hydrogen (secondary N) is 1. The van der Waals surface area contributed by atoms with Crippen molar-refractivity contribution < 1.29 is 0 Å². The van der Waals surface area contributed by atoms with Crippen LogP contribution in [0.4, 0.5) is 0 Å². The number of benzene rings is 1. The van der Waals surface area contributed by atoms with E-state index in [9.17, 15) is 0 Å². The number of piperidine rings is 1. The third-order valence-electron chi connectivity index (χ3n) is 3.45. The molecule has 0 aromatic heterocycles. The molecule has 0 amide bonds. The number of aryl methyl sites for hydroxylation is 1. The van der Waals surface area contributed by atoms with Crippen molar-refractivity contribution in [2.75, 3.05) is 20.1 Å². The first-order valence-electron chi connectivity index (χ1n) is 6.22. The summed E-state index contributed by atoms with van der Waals surface area (Å²) in [6, 6.07) is 9.57. The van der Waals surface area contributed by atoms with Crippen molar-refractivity contribution in [3.8, 4) is 0 Å². The second-order valence-corrected chi connectivity index (χ2v) is 4.90. The fraction of sp³-hybridized carbons (Fsp3) is 0.571. The largest absolute Gasteiger partial charge is 0.315 e. The molecule has 1 saturated heterocycles. The molecular weight excluding hydrogens is 196 g/mol. The molecule has 0 spiro atoms. The molecule has 0 saturated carbocycles. The molecular formula is C14H22N2. The monoisotopic (exact) mass is 218 g/mol. The van der Waals surface area contributed by atoms with E-state index in [1.54, 1.807) is 0 Å². The molecule has 0 radical (unpaired) electrons. The Balaban J connectivity index is 1.90. The van der Waals surface area contributed by atoms with Crippen molar-refractivity contribution in [1.29, 1.82) is 0 Å². The van der Waals surface area contributed by atoms with Crippen LogP contribution in [0.15, 0.2) is 24.3 Å². The van der Waals surface area contributed by atoms with Gasteiger partial charge in [0.2, 0.25) is 0 Å². The Bertz CT molecular complexity index is 312. The maximum atomic E-state index is 3.47. The van der Waals surface area contributed by atoms with E-state index in [1.165, 1.54) is 30.5 Å². The topological polar surface area (TPSA) is 15.3 Å². The maximum absolute atomic E-state index is 3.47. The number of hydrogen-bond acceptors (Lipinski definition) is 2. The Morgan fingerprint density at radius 2 is 2.06 bits per heavy atom. The average Bonchev–Trinajstić information content (AvgIpc) is 2.33. The fourth-order valence-corrected chi connectivity index (χ4v) is 2.32. The summed E-state index contributed by atoms with van der Waals surface area (Å²) < 4.78 is 0. The lowest BCUT2D eigenvalue weighted by molar-refractivity contribution is 0.196. The molecule has 88 valence electrons. The van der Waals surface area contributed by atoms with Crippen LogP contribution in [0.1, 0.15) is 24.0 Å². The van der Waals surface area contributed by atoms with Crippen molar-refractivity contribution >= 4 is 0 Å². The van der Waals surface area contributed by atoms with Gasteiger partial charge in [0.05, 0.1) is 0 Å². The molecule has 1 aliphatic rings. The average molecular weight is 218 g/mol. The lowest BCUT2D eigenvalue weighted by Gasteiger charge is -2.31. The van der Waals surface area contributed by atoms with Crippen molar-refractivity contribution in [1.82, 2.24) is 10.2 Å². The fourth-order valence-electron chi connectivity index (χ4n) is 2.32. The second kappa shape index (κ2) is 5.46. The van der Waals surface area contributed by atoms with Gasteiger partial charge in [-0.2, -0.15) is 0 Å². The van der Waals surface area contributed by atoms with Gasteiger partial charge in [0, 0.05) is 19.1 Å². The van der Waals surface area contributed by atoms with Crippen molar-refractivity contribution in [2.45, 2.75) is 32.4 Å². The maximum Gasteiger partial charge on any atom is 0.0234 e. The zero-order chi connectivity index (χ0) is 11.4. The number of rotatable bonds is 3. The summed E-state index contributed by atoms with van der Waals surface area (Å²) in [7, 11) is 2.23. The number of nitrogens with zero attached hydrogens (tertiary/aromatic N) is 1. The Hall–Kier alpha value is -0.860. The van der Waals surface area contributed by atoms with Gasteiger partial charge in [-0.05, 0) is 38.9 Å². The minimum absolute atomic E-state index is 0.704. The van der Waals surface area contributed by atoms with Gasteiger partial charge in [0.1, 0.15) is 0 Å². The molecule has 16 heavy (non-hydrogen) atoms. The van der Waals surface area contributed by atoms with E-state index in [0.717, 1.165) is 13.1 Å². The highest BCUT2D eigenvalue weighted by Crippen LogP contribution is 2.12. The van der Waals surface area contributed by atoms with Crippen LogP contribution in [0, 0.1) is 6.92 Å². The third-order valence-corrected chi connectivity index (χ3v) is 3.45. The highest BCUT2D eigenvalue weighted by Gasteiger charge is 2.17. The van der Waals surface area contributed by atoms with Gasteiger partial charge in [0.25, 0.3) is 0 Å². The normalized spacial score (nSPS) is 21.3. The molecule has 2 heteroatoms. The van der Waals surface area contributed by atoms with Crippen LogP contribution >= 0.6 is 0 Å². The van der Waals surface area contributed by atoms with E-state index in [4.69, 9.17) is 0 Å². The van der Waals surface area contributed by atoms with Gasteiger partial charge < -0.3 is 5.32 Å². The predicted molar refractivity (Wildman–Crippen MR) is 68.5 cm³/mol. The molecule has 1 aromatic carbocycles. The van der Waals surface area contributed by atoms with Gasteiger partial charge in [0.15, 0.2) is 0 Å². The molecule has 1 N–H and O–H groups in total. The van der Waals surface area contributed by atoms with Gasteiger partial charge in [-0.15, -0.1) is 0 Å². The molecule has 1 heterocycles. The third kappa shape index (κ3) is 3.06. The van der Waals surface area contributed by atoms with Crippen LogP contribution in [0.25, 0.3) is 0 Å². The summed E-state index contributed by atoms with van der Waals surface area (Å²) in [5, 5.41) is 3.47. The van der Waals surface area contributed by atoms with E-state index >= 15 is 0 Å². The first-order valence-corrected chi connectivity index (χ1v) is 6.22. The van der Waals surface area contributed by atoms with Crippen LogP contribution in [0.2, 0.25) is 0 Å². The molecule has 0 aliphatic carbocycles. The molecule has 1 atom stereocenters. The van der Waals surface area contributed by atoms with E-state index < -0.39 is 0 Å². The molecule has 1 aromatic rings. The second-order valence-electron chi connectivity index (χ2n) is 4.90. The Labute approximate surface area is 98.7 Å². The smallest absolute Gasteiger partial charge is 0.0234 e. The highest BCUT2D eigenvalue weighted by atomic mass is 15.2. The van der Waals surface area contributed by atoms with E-state index in [1.807, 2.05) is 0 Å². The summed E-state index contributed by atoms with van der Waals surface area (Å²) in [5.74, 6) is 0. The zero-order valence-corrected chi connectivity index (χ0v) is 10.4. The van der Waals surface area contributed by atoms with Gasteiger partial charge in [-0.25, -0.2) is 0 Å². The molecule has 1 aliphatic heterocycles. The van der Waals surface area contributed by atoms with Crippen LogP contribution in [-0.2, 0) is 6.54 Å². The summed E-state index contributed by atoms with van der Waals surface area (Å²) in [6.07, 6.45) is 2.64. The van der Waals surface area contributed by atoms with Crippen molar-refractivity contribution in [3.63, 3.8) is 0 Å². The molecule has 2 nitrogen and oxygen atoms in total. The highest BCUT2D eigenvalue weighted by molar-refractivity contribution is 5.21. The molecule has 0 bridgehead atoms. The van der Waals surface area contributed by atoms with Crippen LogP contribution in [0.5, 0.6) is 0 Å². The van der Waals surface area contributed by atoms with Crippen molar-refractivity contribution in [2.24, 2.45) is 0 Å². The minimum Gasteiger partial charge on any atom is -0.315 e. The van der Waals surface area contributed by atoms with Gasteiger partial charge in [-0.3, -0.25) is 4.90 Å². The molecule has 1 fully saturated rings. The Morgan fingerprint density at radius 1 is 1.31 bits per heavy atom. The summed E-state index contributed by atoms with van der Waals surface area (Å²) in [4.78, 5) is 2.47. The number of likely N-dealkylation sites (N-methyl/N-ethyl adjacent to an activating group) is 1. The Morgan fingerprint density at radius 3 is 2.69 bits per heavy atom. The van der Waals surface area contributed by atoms with Gasteiger partial charge >= 0.3 is 0 Å². The minimum atomic E-state index is 0.704. The lowest BCUT2D eigenvalue weighted by Crippen LogP contribution is -2.43. The van der Waals surface area contributed by atoms with E-state index in [-0.39, 0.29) is 0 Å². The Kier molecular flexibility index (Phi) is 3.97. The van der Waals surface area contributed by atoms with Crippen LogP contribution < -0.4 is 5.32 Å². The SMILES string of the molecule is Cc1ccc(CN(C)C2CCCNC2)cc1. The predicted octanol–water partition coefficient (Wildman–Crippen LogP) is 2.18. The lowest BCUT2D eigenvalue weighted by atomic mass is 10.1. The molecule has 2 rings (SSSR count). The summed E-state index contributed by atoms with van der Waals surface area (Å²) in [5.41, 5.74) is 2.75.